The van der Waals surface area contributed by atoms with Crippen molar-refractivity contribution in [3.05, 3.63) is 65.0 Å². The van der Waals surface area contributed by atoms with Gasteiger partial charge in [0.25, 0.3) is 0 Å². The third-order valence-electron chi connectivity index (χ3n) is 3.95. The average Bonchev–Trinajstić information content (AvgIpc) is 3.11. The van der Waals surface area contributed by atoms with Gasteiger partial charge in [-0.1, -0.05) is 0 Å². The first-order valence-electron chi connectivity index (χ1n) is 8.32. The Morgan fingerprint density at radius 1 is 1.10 bits per heavy atom. The lowest BCUT2D eigenvalue weighted by molar-refractivity contribution is -0.137. The molecule has 1 amide bonds. The van der Waals surface area contributed by atoms with Crippen molar-refractivity contribution in [1.29, 1.82) is 0 Å². The fraction of sp³-hybridized carbons (Fsp3) is 0.158. The molecule has 152 valence electrons. The molecule has 3 rings (SSSR count). The van der Waals surface area contributed by atoms with Gasteiger partial charge in [0.05, 0.1) is 16.9 Å². The highest BCUT2D eigenvalue weighted by molar-refractivity contribution is 7.14. The summed E-state index contributed by atoms with van der Waals surface area (Å²) in [7, 11) is 0. The summed E-state index contributed by atoms with van der Waals surface area (Å²) in [4.78, 5) is 17.9. The van der Waals surface area contributed by atoms with Crippen LogP contribution in [0.25, 0.3) is 11.3 Å². The van der Waals surface area contributed by atoms with Gasteiger partial charge in [0.15, 0.2) is 5.13 Å². The van der Waals surface area contributed by atoms with Gasteiger partial charge in [-0.3, -0.25) is 9.69 Å². The molecule has 29 heavy (non-hydrogen) atoms. The summed E-state index contributed by atoms with van der Waals surface area (Å²) in [6, 6.07) is 7.01. The molecule has 0 fully saturated rings. The number of amides is 1. The molecule has 1 heterocycles. The third kappa shape index (κ3) is 4.60. The van der Waals surface area contributed by atoms with Crippen LogP contribution in [0.15, 0.2) is 47.8 Å². The van der Waals surface area contributed by atoms with Crippen molar-refractivity contribution in [2.24, 2.45) is 5.73 Å². The zero-order chi connectivity index (χ0) is 21.2. The van der Waals surface area contributed by atoms with Crippen LogP contribution in [0.2, 0.25) is 0 Å². The molecular formula is C19H14F5N3OS. The molecule has 0 aliphatic carbocycles. The van der Waals surface area contributed by atoms with E-state index in [2.05, 4.69) is 4.98 Å². The molecule has 1 aromatic heterocycles. The molecule has 0 radical (unpaired) electrons. The molecule has 0 unspecified atom stereocenters. The van der Waals surface area contributed by atoms with Gasteiger partial charge in [-0.05, 0) is 36.4 Å². The topological polar surface area (TPSA) is 59.2 Å². The van der Waals surface area contributed by atoms with Crippen molar-refractivity contribution in [2.75, 3.05) is 11.4 Å². The van der Waals surface area contributed by atoms with Crippen LogP contribution in [0, 0.1) is 11.6 Å². The number of nitrogens with zero attached hydrogens (tertiary/aromatic N) is 2. The standard InChI is InChI=1S/C19H14F5N3OS/c20-12-3-6-14(15(21)9-12)16-10-29-18(26-16)27(17(28)7-8-25)13-4-1-11(2-5-13)19(22,23)24/h1-6,9-10H,7-8,25H2. The Balaban J connectivity index is 2.00. The van der Waals surface area contributed by atoms with Crippen molar-refractivity contribution in [3.8, 4) is 11.3 Å². The summed E-state index contributed by atoms with van der Waals surface area (Å²) < 4.78 is 65.6. The van der Waals surface area contributed by atoms with Crippen molar-refractivity contribution >= 4 is 28.1 Å². The number of benzene rings is 2. The Kier molecular flexibility index (Phi) is 5.94. The zero-order valence-corrected chi connectivity index (χ0v) is 15.5. The minimum Gasteiger partial charge on any atom is -0.330 e. The van der Waals surface area contributed by atoms with E-state index < -0.39 is 29.3 Å². The number of hydrogen-bond acceptors (Lipinski definition) is 4. The van der Waals surface area contributed by atoms with E-state index in [0.29, 0.717) is 6.07 Å². The fourth-order valence-corrected chi connectivity index (χ4v) is 3.44. The Morgan fingerprint density at radius 2 is 1.79 bits per heavy atom. The zero-order valence-electron chi connectivity index (χ0n) is 14.7. The number of nitrogens with two attached hydrogens (primary N) is 1. The number of aromatic nitrogens is 1. The first-order valence-corrected chi connectivity index (χ1v) is 9.20. The molecule has 2 aromatic carbocycles. The predicted molar refractivity (Wildman–Crippen MR) is 99.7 cm³/mol. The van der Waals surface area contributed by atoms with Gasteiger partial charge in [-0.2, -0.15) is 13.2 Å². The minimum absolute atomic E-state index is 0.0286. The van der Waals surface area contributed by atoms with Gasteiger partial charge in [-0.25, -0.2) is 13.8 Å². The Hall–Kier alpha value is -2.85. The highest BCUT2D eigenvalue weighted by Gasteiger charge is 2.31. The van der Waals surface area contributed by atoms with Crippen LogP contribution in [-0.2, 0) is 11.0 Å². The Labute approximate surface area is 166 Å². The molecule has 2 N–H and O–H groups in total. The van der Waals surface area contributed by atoms with E-state index in [4.69, 9.17) is 5.73 Å². The Bertz CT molecular complexity index is 1020. The summed E-state index contributed by atoms with van der Waals surface area (Å²) in [5.74, 6) is -2.05. The summed E-state index contributed by atoms with van der Waals surface area (Å²) >= 11 is 0.995. The van der Waals surface area contributed by atoms with Gasteiger partial charge >= 0.3 is 6.18 Å². The highest BCUT2D eigenvalue weighted by atomic mass is 32.1. The van der Waals surface area contributed by atoms with Crippen LogP contribution in [0.4, 0.5) is 32.8 Å². The number of rotatable bonds is 5. The number of anilines is 2. The lowest BCUT2D eigenvalue weighted by atomic mass is 10.1. The molecule has 4 nitrogen and oxygen atoms in total. The van der Waals surface area contributed by atoms with Crippen molar-refractivity contribution in [2.45, 2.75) is 12.6 Å². The number of hydrogen-bond donors (Lipinski definition) is 1. The molecule has 0 saturated heterocycles. The van der Waals surface area contributed by atoms with Gasteiger partial charge in [0.1, 0.15) is 11.6 Å². The van der Waals surface area contributed by atoms with E-state index in [1.165, 1.54) is 11.4 Å². The Morgan fingerprint density at radius 3 is 2.38 bits per heavy atom. The molecule has 10 heteroatoms. The van der Waals surface area contributed by atoms with E-state index >= 15 is 0 Å². The van der Waals surface area contributed by atoms with Crippen molar-refractivity contribution in [3.63, 3.8) is 0 Å². The second-order valence-electron chi connectivity index (χ2n) is 5.95. The lowest BCUT2D eigenvalue weighted by Crippen LogP contribution is -2.27. The van der Waals surface area contributed by atoms with Gasteiger partial charge < -0.3 is 5.73 Å². The first kappa shape index (κ1) is 20.9. The summed E-state index contributed by atoms with van der Waals surface area (Å²) in [6.45, 7) is 0.0286. The molecule has 3 aromatic rings. The fourth-order valence-electron chi connectivity index (χ4n) is 2.58. The van der Waals surface area contributed by atoms with Crippen LogP contribution < -0.4 is 10.6 Å². The van der Waals surface area contributed by atoms with E-state index in [9.17, 15) is 26.7 Å². The average molecular weight is 427 g/mol. The summed E-state index contributed by atoms with van der Waals surface area (Å²) in [5.41, 5.74) is 4.94. The number of alkyl halides is 3. The SMILES string of the molecule is NCCC(=O)N(c1ccc(C(F)(F)F)cc1)c1nc(-c2ccc(F)cc2F)cs1. The number of thiazole rings is 1. The lowest BCUT2D eigenvalue weighted by Gasteiger charge is -2.20. The summed E-state index contributed by atoms with van der Waals surface area (Å²) in [6.07, 6.45) is -4.58. The van der Waals surface area contributed by atoms with Crippen LogP contribution >= 0.6 is 11.3 Å². The molecular weight excluding hydrogens is 413 g/mol. The first-order chi connectivity index (χ1) is 13.7. The number of halogens is 5. The van der Waals surface area contributed by atoms with E-state index in [1.54, 1.807) is 0 Å². The number of carbonyl (C=O) groups is 1. The second kappa shape index (κ2) is 8.26. The van der Waals surface area contributed by atoms with E-state index in [-0.39, 0.29) is 35.0 Å². The molecule has 0 aliphatic rings. The van der Waals surface area contributed by atoms with Gasteiger partial charge in [0.2, 0.25) is 5.91 Å². The minimum atomic E-state index is -4.51. The predicted octanol–water partition coefficient (Wildman–Crippen LogP) is 5.12. The van der Waals surface area contributed by atoms with Crippen molar-refractivity contribution in [1.82, 2.24) is 4.98 Å². The molecule has 0 aliphatic heterocycles. The monoisotopic (exact) mass is 427 g/mol. The van der Waals surface area contributed by atoms with Crippen LogP contribution in [0.5, 0.6) is 0 Å². The maximum absolute atomic E-state index is 14.0. The quantitative estimate of drug-likeness (QED) is 0.575. The third-order valence-corrected chi connectivity index (χ3v) is 4.78. The normalized spacial score (nSPS) is 11.5. The largest absolute Gasteiger partial charge is 0.416 e. The van der Waals surface area contributed by atoms with E-state index in [1.807, 2.05) is 0 Å². The van der Waals surface area contributed by atoms with Crippen LogP contribution in [0.1, 0.15) is 12.0 Å². The maximum Gasteiger partial charge on any atom is 0.416 e. The second-order valence-corrected chi connectivity index (χ2v) is 6.79. The van der Waals surface area contributed by atoms with Gasteiger partial charge in [0, 0.05) is 30.0 Å². The number of carbonyl (C=O) groups excluding carboxylic acids is 1. The smallest absolute Gasteiger partial charge is 0.330 e. The van der Waals surface area contributed by atoms with E-state index in [0.717, 1.165) is 46.6 Å². The summed E-state index contributed by atoms with van der Waals surface area (Å²) in [5, 5.41) is 1.60. The van der Waals surface area contributed by atoms with Gasteiger partial charge in [-0.15, -0.1) is 11.3 Å². The molecule has 0 spiro atoms. The highest BCUT2D eigenvalue weighted by Crippen LogP contribution is 2.36. The maximum atomic E-state index is 14.0. The molecule has 0 atom stereocenters. The molecule has 0 bridgehead atoms. The van der Waals surface area contributed by atoms with Crippen LogP contribution in [0.3, 0.4) is 0 Å². The van der Waals surface area contributed by atoms with Crippen LogP contribution in [-0.4, -0.2) is 17.4 Å². The molecule has 0 saturated carbocycles. The van der Waals surface area contributed by atoms with Crippen molar-refractivity contribution < 1.29 is 26.7 Å².